The van der Waals surface area contributed by atoms with E-state index in [-0.39, 0.29) is 17.4 Å². The lowest BCUT2D eigenvalue weighted by molar-refractivity contribution is -0.123. The number of hydrazine groups is 1. The maximum Gasteiger partial charge on any atom is 0.272 e. The molecule has 9 heteroatoms. The second-order valence-electron chi connectivity index (χ2n) is 6.56. The summed E-state index contributed by atoms with van der Waals surface area (Å²) < 4.78 is 30.2. The van der Waals surface area contributed by atoms with Crippen LogP contribution in [-0.4, -0.2) is 26.8 Å². The lowest BCUT2D eigenvalue weighted by Gasteiger charge is -2.17. The lowest BCUT2D eigenvalue weighted by Crippen LogP contribution is -2.43. The van der Waals surface area contributed by atoms with E-state index >= 15 is 0 Å². The van der Waals surface area contributed by atoms with E-state index in [4.69, 9.17) is 4.74 Å². The minimum atomic E-state index is -3.95. The Bertz CT molecular complexity index is 1030. The van der Waals surface area contributed by atoms with Gasteiger partial charge in [0.25, 0.3) is 15.9 Å². The summed E-state index contributed by atoms with van der Waals surface area (Å²) >= 11 is 0. The number of fused-ring (bicyclic) bond motifs is 1. The van der Waals surface area contributed by atoms with Gasteiger partial charge >= 0.3 is 0 Å². The molecule has 0 saturated carbocycles. The highest BCUT2D eigenvalue weighted by atomic mass is 32.2. The first-order valence-electron chi connectivity index (χ1n) is 8.68. The molecule has 148 valence electrons. The number of ether oxygens (including phenoxy) is 1. The van der Waals surface area contributed by atoms with Crippen molar-refractivity contribution in [3.05, 3.63) is 53.1 Å². The summed E-state index contributed by atoms with van der Waals surface area (Å²) in [7, 11) is -3.95. The van der Waals surface area contributed by atoms with Crippen LogP contribution < -0.4 is 20.3 Å². The van der Waals surface area contributed by atoms with Crippen molar-refractivity contribution in [3.63, 3.8) is 0 Å². The van der Waals surface area contributed by atoms with Gasteiger partial charge in [-0.3, -0.25) is 15.0 Å². The third-order valence-electron chi connectivity index (χ3n) is 4.46. The van der Waals surface area contributed by atoms with Crippen LogP contribution in [0, 0.1) is 13.8 Å². The van der Waals surface area contributed by atoms with Crippen molar-refractivity contribution >= 4 is 27.5 Å². The average Bonchev–Trinajstić information content (AvgIpc) is 2.67. The quantitative estimate of drug-likeness (QED) is 0.634. The third kappa shape index (κ3) is 4.68. The standard InChI is InChI=1S/C19H21N3O5S/c1-12-3-5-15(9-13(12)2)27-11-19(24)21-22-28(25,26)16-6-7-17-14(10-16)4-8-18(23)20-17/h3,5-7,9-10,22H,4,8,11H2,1-2H3,(H,20,23)(H,21,24). The summed E-state index contributed by atoms with van der Waals surface area (Å²) in [6.07, 6.45) is 0.761. The van der Waals surface area contributed by atoms with Crippen LogP contribution in [0.1, 0.15) is 23.1 Å². The van der Waals surface area contributed by atoms with Crippen LogP contribution in [0.2, 0.25) is 0 Å². The number of rotatable bonds is 6. The number of hydrogen-bond donors (Lipinski definition) is 3. The van der Waals surface area contributed by atoms with E-state index in [0.29, 0.717) is 24.3 Å². The van der Waals surface area contributed by atoms with Crippen molar-refractivity contribution in [2.24, 2.45) is 0 Å². The van der Waals surface area contributed by atoms with E-state index in [9.17, 15) is 18.0 Å². The van der Waals surface area contributed by atoms with Gasteiger partial charge < -0.3 is 10.1 Å². The van der Waals surface area contributed by atoms with Crippen molar-refractivity contribution < 1.29 is 22.7 Å². The Morgan fingerprint density at radius 3 is 2.64 bits per heavy atom. The normalized spacial score (nSPS) is 13.4. The Morgan fingerprint density at radius 1 is 1.11 bits per heavy atom. The van der Waals surface area contributed by atoms with Gasteiger partial charge in [0.2, 0.25) is 5.91 Å². The highest BCUT2D eigenvalue weighted by Gasteiger charge is 2.20. The topological polar surface area (TPSA) is 114 Å². The molecule has 2 aromatic carbocycles. The summed E-state index contributed by atoms with van der Waals surface area (Å²) in [4.78, 5) is 25.3. The number of carbonyl (C=O) groups is 2. The molecule has 0 unspecified atom stereocenters. The first-order valence-corrected chi connectivity index (χ1v) is 10.2. The Morgan fingerprint density at radius 2 is 1.89 bits per heavy atom. The summed E-state index contributed by atoms with van der Waals surface area (Å²) in [6, 6.07) is 9.80. The minimum Gasteiger partial charge on any atom is -0.484 e. The maximum absolute atomic E-state index is 12.4. The zero-order valence-electron chi connectivity index (χ0n) is 15.5. The molecule has 0 bridgehead atoms. The van der Waals surface area contributed by atoms with Gasteiger partial charge in [-0.15, -0.1) is 4.83 Å². The molecule has 0 fully saturated rings. The van der Waals surface area contributed by atoms with E-state index in [2.05, 4.69) is 15.6 Å². The van der Waals surface area contributed by atoms with Gasteiger partial charge in [0.05, 0.1) is 4.90 Å². The van der Waals surface area contributed by atoms with Crippen LogP contribution in [0.5, 0.6) is 5.75 Å². The Hall–Kier alpha value is -2.91. The van der Waals surface area contributed by atoms with E-state index in [1.807, 2.05) is 19.9 Å². The van der Waals surface area contributed by atoms with Gasteiger partial charge in [-0.05, 0) is 67.3 Å². The summed E-state index contributed by atoms with van der Waals surface area (Å²) in [5.41, 5.74) is 5.60. The smallest absolute Gasteiger partial charge is 0.272 e. The first kappa shape index (κ1) is 19.8. The molecule has 1 heterocycles. The fourth-order valence-corrected chi connectivity index (χ4v) is 3.61. The summed E-state index contributed by atoms with van der Waals surface area (Å²) in [6.45, 7) is 3.57. The minimum absolute atomic E-state index is 0.00206. The molecule has 2 aromatic rings. The number of anilines is 1. The number of hydrogen-bond acceptors (Lipinski definition) is 5. The zero-order valence-corrected chi connectivity index (χ0v) is 16.4. The lowest BCUT2D eigenvalue weighted by atomic mass is 10.0. The molecule has 28 heavy (non-hydrogen) atoms. The largest absolute Gasteiger partial charge is 0.484 e. The third-order valence-corrected chi connectivity index (χ3v) is 5.70. The Balaban J connectivity index is 1.57. The van der Waals surface area contributed by atoms with Crippen molar-refractivity contribution in [2.45, 2.75) is 31.6 Å². The van der Waals surface area contributed by atoms with Gasteiger partial charge in [0.15, 0.2) is 6.61 Å². The van der Waals surface area contributed by atoms with Crippen LogP contribution in [0.15, 0.2) is 41.3 Å². The molecule has 1 aliphatic rings. The molecule has 0 radical (unpaired) electrons. The van der Waals surface area contributed by atoms with Gasteiger partial charge in [0.1, 0.15) is 5.75 Å². The van der Waals surface area contributed by atoms with E-state index in [1.165, 1.54) is 18.2 Å². The number of benzene rings is 2. The summed E-state index contributed by atoms with van der Waals surface area (Å²) in [5, 5.41) is 2.69. The van der Waals surface area contributed by atoms with E-state index in [1.54, 1.807) is 12.1 Å². The van der Waals surface area contributed by atoms with Crippen molar-refractivity contribution in [1.82, 2.24) is 10.3 Å². The van der Waals surface area contributed by atoms with Gasteiger partial charge in [-0.2, -0.15) is 0 Å². The Kier molecular flexibility index (Phi) is 5.66. The number of aryl methyl sites for hydroxylation is 3. The monoisotopic (exact) mass is 403 g/mol. The van der Waals surface area contributed by atoms with Crippen molar-refractivity contribution in [3.8, 4) is 5.75 Å². The summed E-state index contributed by atoms with van der Waals surface area (Å²) in [5.74, 6) is -0.206. The predicted molar refractivity (Wildman–Crippen MR) is 103 cm³/mol. The van der Waals surface area contributed by atoms with Gasteiger partial charge in [-0.1, -0.05) is 6.07 Å². The van der Waals surface area contributed by atoms with Crippen molar-refractivity contribution in [1.29, 1.82) is 0 Å². The first-order chi connectivity index (χ1) is 13.2. The van der Waals surface area contributed by atoms with Crippen LogP contribution in [-0.2, 0) is 26.0 Å². The van der Waals surface area contributed by atoms with Gasteiger partial charge in [-0.25, -0.2) is 8.42 Å². The average molecular weight is 403 g/mol. The van der Waals surface area contributed by atoms with E-state index in [0.717, 1.165) is 16.7 Å². The van der Waals surface area contributed by atoms with Crippen LogP contribution >= 0.6 is 0 Å². The molecule has 0 spiro atoms. The molecule has 0 aliphatic carbocycles. The molecular weight excluding hydrogens is 382 g/mol. The zero-order chi connectivity index (χ0) is 20.3. The second kappa shape index (κ2) is 7.99. The molecule has 0 aromatic heterocycles. The Labute approximate surface area is 163 Å². The molecule has 3 N–H and O–H groups in total. The highest BCUT2D eigenvalue weighted by molar-refractivity contribution is 7.89. The van der Waals surface area contributed by atoms with Crippen molar-refractivity contribution in [2.75, 3.05) is 11.9 Å². The number of amides is 2. The molecule has 8 nitrogen and oxygen atoms in total. The van der Waals surface area contributed by atoms with Crippen LogP contribution in [0.3, 0.4) is 0 Å². The molecule has 1 aliphatic heterocycles. The van der Waals surface area contributed by atoms with Gasteiger partial charge in [0, 0.05) is 12.1 Å². The molecule has 0 atom stereocenters. The van der Waals surface area contributed by atoms with Crippen LogP contribution in [0.25, 0.3) is 0 Å². The number of nitrogens with one attached hydrogen (secondary N) is 3. The fourth-order valence-electron chi connectivity index (χ4n) is 2.70. The second-order valence-corrected chi connectivity index (χ2v) is 8.24. The number of sulfonamides is 1. The molecule has 2 amide bonds. The highest BCUT2D eigenvalue weighted by Crippen LogP contribution is 2.25. The molecule has 0 saturated heterocycles. The fraction of sp³-hybridized carbons (Fsp3) is 0.263. The van der Waals surface area contributed by atoms with Crippen LogP contribution in [0.4, 0.5) is 5.69 Å². The maximum atomic E-state index is 12.4. The predicted octanol–water partition coefficient (Wildman–Crippen LogP) is 1.58. The molecule has 3 rings (SSSR count). The number of carbonyl (C=O) groups excluding carboxylic acids is 2. The molecular formula is C19H21N3O5S. The van der Waals surface area contributed by atoms with E-state index < -0.39 is 15.9 Å². The SMILES string of the molecule is Cc1ccc(OCC(=O)NNS(=O)(=O)c2ccc3c(c2)CCC(=O)N3)cc1C.